The molecule has 2 amide bonds. The largest absolute Gasteiger partial charge is 0.444 e. The molecule has 2 aromatic heterocycles. The molecule has 1 aromatic carbocycles. The summed E-state index contributed by atoms with van der Waals surface area (Å²) in [6.07, 6.45) is 5.25. The van der Waals surface area contributed by atoms with Crippen molar-refractivity contribution in [1.29, 1.82) is 0 Å². The summed E-state index contributed by atoms with van der Waals surface area (Å²) in [5.74, 6) is 4.66. The molecule has 1 saturated carbocycles. The molecule has 2 fully saturated rings. The van der Waals surface area contributed by atoms with Crippen LogP contribution in [0, 0.1) is 17.7 Å². The highest BCUT2D eigenvalue weighted by Gasteiger charge is 2.40. The molecule has 5 rings (SSSR count). The van der Waals surface area contributed by atoms with E-state index < -0.39 is 23.4 Å². The van der Waals surface area contributed by atoms with E-state index in [0.717, 1.165) is 24.8 Å². The van der Waals surface area contributed by atoms with Crippen molar-refractivity contribution in [3.05, 3.63) is 46.8 Å². The number of carbonyl (C=O) groups is 2. The Balaban J connectivity index is 1.50. The van der Waals surface area contributed by atoms with Crippen LogP contribution in [0.4, 0.5) is 9.18 Å². The normalized spacial score (nSPS) is 18.9. The molecular formula is C30H37FN6O4. The maximum absolute atomic E-state index is 15.1. The first-order valence-electron chi connectivity index (χ1n) is 14.1. The number of benzene rings is 1. The van der Waals surface area contributed by atoms with Gasteiger partial charge in [-0.2, -0.15) is 5.10 Å². The Kier molecular flexibility index (Phi) is 7.79. The van der Waals surface area contributed by atoms with E-state index in [4.69, 9.17) is 20.3 Å². The third-order valence-corrected chi connectivity index (χ3v) is 7.39. The first-order chi connectivity index (χ1) is 19.5. The van der Waals surface area contributed by atoms with Gasteiger partial charge in [0.05, 0.1) is 52.9 Å². The number of fused-ring (bicyclic) bond motifs is 1. The zero-order valence-corrected chi connectivity index (χ0v) is 24.2. The highest BCUT2D eigenvalue weighted by Crippen LogP contribution is 2.37. The third-order valence-electron chi connectivity index (χ3n) is 7.39. The highest BCUT2D eigenvalue weighted by molar-refractivity contribution is 5.96. The predicted molar refractivity (Wildman–Crippen MR) is 151 cm³/mol. The van der Waals surface area contributed by atoms with E-state index >= 15 is 4.39 Å². The van der Waals surface area contributed by atoms with Crippen LogP contribution in [-0.2, 0) is 15.9 Å². The van der Waals surface area contributed by atoms with Gasteiger partial charge < -0.3 is 24.7 Å². The molecule has 218 valence electrons. The van der Waals surface area contributed by atoms with Crippen LogP contribution in [0.3, 0.4) is 0 Å². The van der Waals surface area contributed by atoms with Gasteiger partial charge >= 0.3 is 6.09 Å². The fourth-order valence-corrected chi connectivity index (χ4v) is 5.47. The molecule has 2 aliphatic rings. The number of carbonyl (C=O) groups excluding carboxylic acids is 2. The molecule has 1 aliphatic carbocycles. The van der Waals surface area contributed by atoms with Crippen LogP contribution < -0.4 is 5.73 Å². The van der Waals surface area contributed by atoms with Crippen molar-refractivity contribution in [2.75, 3.05) is 20.3 Å². The van der Waals surface area contributed by atoms with Gasteiger partial charge in [-0.05, 0) is 58.4 Å². The van der Waals surface area contributed by atoms with Crippen LogP contribution in [0.15, 0.2) is 18.5 Å². The van der Waals surface area contributed by atoms with Crippen LogP contribution in [0.25, 0.3) is 11.0 Å². The van der Waals surface area contributed by atoms with Gasteiger partial charge in [0.2, 0.25) is 0 Å². The molecule has 2 atom stereocenters. The van der Waals surface area contributed by atoms with Gasteiger partial charge in [-0.1, -0.05) is 19.3 Å². The summed E-state index contributed by atoms with van der Waals surface area (Å²) in [6, 6.07) is 2.97. The number of hydrogen-bond donors (Lipinski definition) is 1. The minimum atomic E-state index is -0.654. The van der Waals surface area contributed by atoms with E-state index in [2.05, 4.69) is 16.8 Å². The molecule has 3 aromatic rings. The van der Waals surface area contributed by atoms with Gasteiger partial charge in [-0.3, -0.25) is 9.48 Å². The smallest absolute Gasteiger partial charge is 0.410 e. The second kappa shape index (κ2) is 11.2. The summed E-state index contributed by atoms with van der Waals surface area (Å²) in [7, 11) is 1.59. The lowest BCUT2D eigenvalue weighted by Crippen LogP contribution is -2.41. The Hall–Kier alpha value is -3.91. The number of ether oxygens (including phenoxy) is 2. The van der Waals surface area contributed by atoms with E-state index in [1.807, 2.05) is 32.3 Å². The van der Waals surface area contributed by atoms with Gasteiger partial charge in [-0.25, -0.2) is 14.2 Å². The number of aromatic nitrogens is 4. The summed E-state index contributed by atoms with van der Waals surface area (Å²) in [6.45, 7) is 8.10. The van der Waals surface area contributed by atoms with E-state index in [-0.39, 0.29) is 28.9 Å². The van der Waals surface area contributed by atoms with Crippen LogP contribution in [-0.4, -0.2) is 68.1 Å². The molecule has 1 saturated heterocycles. The van der Waals surface area contributed by atoms with Gasteiger partial charge in [0.25, 0.3) is 5.91 Å². The molecule has 10 nitrogen and oxygen atoms in total. The number of nitrogens with zero attached hydrogens (tertiary/aromatic N) is 5. The summed E-state index contributed by atoms with van der Waals surface area (Å²) < 4.78 is 29.9. The van der Waals surface area contributed by atoms with Crippen LogP contribution in [0.1, 0.15) is 92.8 Å². The number of amides is 2. The second-order valence-electron chi connectivity index (χ2n) is 11.8. The Bertz CT molecular complexity index is 1540. The molecule has 1 aliphatic heterocycles. The Labute approximate surface area is 239 Å². The average Bonchev–Trinajstić information content (AvgIpc) is 3.35. The fourth-order valence-electron chi connectivity index (χ4n) is 5.47. The summed E-state index contributed by atoms with van der Waals surface area (Å²) in [4.78, 5) is 31.8. The number of halogens is 1. The number of likely N-dealkylation sites (tertiary alicyclic amines) is 1. The molecule has 0 spiro atoms. The Morgan fingerprint density at radius 2 is 1.95 bits per heavy atom. The highest BCUT2D eigenvalue weighted by atomic mass is 19.1. The van der Waals surface area contributed by atoms with E-state index in [1.165, 1.54) is 6.07 Å². The molecule has 2 N–H and O–H groups in total. The lowest BCUT2D eigenvalue weighted by Gasteiger charge is -2.28. The Morgan fingerprint density at radius 1 is 1.20 bits per heavy atom. The van der Waals surface area contributed by atoms with E-state index in [1.54, 1.807) is 29.1 Å². The SMILES string of the molecule is CCCc1c(C(N)=O)c(C#Cc2cc3ncn(C4CC4)c3cc2F)nn1[C@H]1C[C@H](COC)N(C(=O)OC(C)(C)C)C1. The maximum Gasteiger partial charge on any atom is 0.410 e. The van der Waals surface area contributed by atoms with Crippen molar-refractivity contribution < 1.29 is 23.5 Å². The van der Waals surface area contributed by atoms with Crippen molar-refractivity contribution in [3.63, 3.8) is 0 Å². The van der Waals surface area contributed by atoms with Crippen molar-refractivity contribution in [2.45, 2.75) is 83.5 Å². The first-order valence-corrected chi connectivity index (χ1v) is 14.1. The number of imidazole rings is 1. The minimum absolute atomic E-state index is 0.165. The molecule has 0 bridgehead atoms. The van der Waals surface area contributed by atoms with Gasteiger partial charge in [-0.15, -0.1) is 0 Å². The molecular weight excluding hydrogens is 527 g/mol. The van der Waals surface area contributed by atoms with Gasteiger partial charge in [0.1, 0.15) is 17.1 Å². The number of methoxy groups -OCH3 is 1. The second-order valence-corrected chi connectivity index (χ2v) is 11.8. The number of rotatable bonds is 7. The fraction of sp³-hybridized carbons (Fsp3) is 0.533. The minimum Gasteiger partial charge on any atom is -0.444 e. The lowest BCUT2D eigenvalue weighted by atomic mass is 10.1. The van der Waals surface area contributed by atoms with Gasteiger partial charge in [0.15, 0.2) is 0 Å². The van der Waals surface area contributed by atoms with Crippen LogP contribution >= 0.6 is 0 Å². The van der Waals surface area contributed by atoms with Gasteiger partial charge in [0, 0.05) is 25.8 Å². The topological polar surface area (TPSA) is 118 Å². The molecule has 11 heteroatoms. The van der Waals surface area contributed by atoms with Crippen molar-refractivity contribution in [1.82, 2.24) is 24.2 Å². The lowest BCUT2D eigenvalue weighted by molar-refractivity contribution is 0.0145. The molecule has 0 radical (unpaired) electrons. The zero-order chi connectivity index (χ0) is 29.5. The van der Waals surface area contributed by atoms with Crippen LogP contribution in [0.5, 0.6) is 0 Å². The Morgan fingerprint density at radius 3 is 2.59 bits per heavy atom. The summed E-state index contributed by atoms with van der Waals surface area (Å²) >= 11 is 0. The average molecular weight is 565 g/mol. The maximum atomic E-state index is 15.1. The molecule has 41 heavy (non-hydrogen) atoms. The number of nitrogens with two attached hydrogens (primary N) is 1. The monoisotopic (exact) mass is 564 g/mol. The first kappa shape index (κ1) is 28.6. The van der Waals surface area contributed by atoms with Crippen molar-refractivity contribution in [3.8, 4) is 11.8 Å². The van der Waals surface area contributed by atoms with Crippen molar-refractivity contribution in [2.24, 2.45) is 5.73 Å². The molecule has 0 unspecified atom stereocenters. The standard InChI is InChI=1S/C30H37FN6O4/c1-6-7-25-27(28(32)38)23(11-8-18-12-24-26(14-22(18)31)36(17-33-24)19-9-10-19)34-37(25)20-13-21(16-40-5)35(15-20)29(39)41-30(2,3)4/h12,14,17,19-21H,6-7,9-10,13,15-16H2,1-5H3,(H2,32,38)/t20-,21+/m0/s1. The van der Waals surface area contributed by atoms with E-state index in [0.29, 0.717) is 43.2 Å². The third kappa shape index (κ3) is 5.93. The number of hydrogen-bond acceptors (Lipinski definition) is 6. The zero-order valence-electron chi connectivity index (χ0n) is 24.2. The number of primary amides is 1. The van der Waals surface area contributed by atoms with Crippen LogP contribution in [0.2, 0.25) is 0 Å². The predicted octanol–water partition coefficient (Wildman–Crippen LogP) is 4.35. The molecule has 3 heterocycles. The van der Waals surface area contributed by atoms with Crippen molar-refractivity contribution >= 4 is 23.0 Å². The summed E-state index contributed by atoms with van der Waals surface area (Å²) in [5.41, 5.74) is 7.80. The summed E-state index contributed by atoms with van der Waals surface area (Å²) in [5, 5.41) is 4.72. The quantitative estimate of drug-likeness (QED) is 0.426. The van der Waals surface area contributed by atoms with E-state index in [9.17, 15) is 9.59 Å².